The Hall–Kier alpha value is -0.660. The second-order valence-corrected chi connectivity index (χ2v) is 6.75. The highest BCUT2D eigenvalue weighted by Crippen LogP contribution is 2.22. The first-order valence-electron chi connectivity index (χ1n) is 6.46. The van der Waals surface area contributed by atoms with Crippen LogP contribution in [0.2, 0.25) is 0 Å². The highest BCUT2D eigenvalue weighted by atomic mass is 32.2. The van der Waals surface area contributed by atoms with Crippen LogP contribution in [0.4, 0.5) is 0 Å². The maximum atomic E-state index is 11.3. The minimum Gasteiger partial charge on any atom is -0.480 e. The maximum absolute atomic E-state index is 11.3. The van der Waals surface area contributed by atoms with Gasteiger partial charge in [-0.3, -0.25) is 4.79 Å². The van der Waals surface area contributed by atoms with Gasteiger partial charge in [-0.1, -0.05) is 36.4 Å². The summed E-state index contributed by atoms with van der Waals surface area (Å²) in [4.78, 5) is 11.3. The Morgan fingerprint density at radius 1 is 1.58 bits per heavy atom. The van der Waals surface area contributed by atoms with Crippen LogP contribution in [-0.4, -0.2) is 39.1 Å². The van der Waals surface area contributed by atoms with Crippen molar-refractivity contribution in [2.75, 3.05) is 12.3 Å². The van der Waals surface area contributed by atoms with E-state index in [1.165, 1.54) is 11.3 Å². The van der Waals surface area contributed by atoms with Gasteiger partial charge in [-0.05, 0) is 32.7 Å². The number of nitrogens with one attached hydrogen (secondary N) is 1. The van der Waals surface area contributed by atoms with E-state index in [-0.39, 0.29) is 0 Å². The van der Waals surface area contributed by atoms with Crippen molar-refractivity contribution in [2.24, 2.45) is 0 Å². The predicted molar refractivity (Wildman–Crippen MR) is 78.8 cm³/mol. The van der Waals surface area contributed by atoms with E-state index in [1.54, 1.807) is 24.2 Å². The molecule has 2 N–H and O–H groups in total. The molecule has 1 aromatic heterocycles. The van der Waals surface area contributed by atoms with Gasteiger partial charge in [0.05, 0.1) is 0 Å². The Kier molecular flexibility index (Phi) is 7.33. The Balaban J connectivity index is 2.22. The van der Waals surface area contributed by atoms with Gasteiger partial charge in [0.1, 0.15) is 11.0 Å². The van der Waals surface area contributed by atoms with Gasteiger partial charge in [-0.2, -0.15) is 0 Å². The summed E-state index contributed by atoms with van der Waals surface area (Å²) in [7, 11) is 0. The van der Waals surface area contributed by atoms with Gasteiger partial charge in [0.15, 0.2) is 4.34 Å². The van der Waals surface area contributed by atoms with Gasteiger partial charge in [-0.15, -0.1) is 10.2 Å². The molecule has 5 nitrogen and oxygen atoms in total. The molecular formula is C12H21N3O2S2. The van der Waals surface area contributed by atoms with Crippen LogP contribution in [0.3, 0.4) is 0 Å². The number of hydrogen-bond acceptors (Lipinski definition) is 6. The zero-order valence-corrected chi connectivity index (χ0v) is 13.0. The quantitative estimate of drug-likeness (QED) is 0.511. The minimum atomic E-state index is -0.802. The third-order valence-electron chi connectivity index (χ3n) is 2.87. The number of nitrogens with zero attached hydrogens (tertiary/aromatic N) is 2. The van der Waals surface area contributed by atoms with Crippen LogP contribution in [0.5, 0.6) is 0 Å². The third kappa shape index (κ3) is 5.88. The Morgan fingerprint density at radius 3 is 2.95 bits per heavy atom. The fraction of sp³-hybridized carbons (Fsp3) is 0.750. The summed E-state index contributed by atoms with van der Waals surface area (Å²) in [5, 5.41) is 20.1. The smallest absolute Gasteiger partial charge is 0.323 e. The molecule has 0 saturated carbocycles. The molecule has 19 heavy (non-hydrogen) atoms. The Morgan fingerprint density at radius 2 is 2.37 bits per heavy atom. The minimum absolute atomic E-state index is 0.652. The molecule has 7 heteroatoms. The number of carboxylic acids is 1. The number of carboxylic acid groups (broad SMARTS) is 1. The van der Waals surface area contributed by atoms with Crippen molar-refractivity contribution < 1.29 is 9.90 Å². The lowest BCUT2D eigenvalue weighted by atomic mass is 9.95. The first-order valence-corrected chi connectivity index (χ1v) is 8.32. The molecular weight excluding hydrogens is 282 g/mol. The number of rotatable bonds is 10. The predicted octanol–water partition coefficient (Wildman–Crippen LogP) is 2.64. The Bertz CT molecular complexity index is 373. The van der Waals surface area contributed by atoms with E-state index in [4.69, 9.17) is 0 Å². The molecule has 0 bridgehead atoms. The van der Waals surface area contributed by atoms with Crippen molar-refractivity contribution in [3.05, 3.63) is 5.51 Å². The molecule has 0 fully saturated rings. The van der Waals surface area contributed by atoms with Crippen molar-refractivity contribution in [3.8, 4) is 0 Å². The van der Waals surface area contributed by atoms with Crippen LogP contribution >= 0.6 is 23.1 Å². The first-order chi connectivity index (χ1) is 9.08. The second kappa shape index (κ2) is 8.50. The summed E-state index contributed by atoms with van der Waals surface area (Å²) < 4.78 is 0.977. The van der Waals surface area contributed by atoms with E-state index < -0.39 is 11.5 Å². The van der Waals surface area contributed by atoms with Crippen molar-refractivity contribution in [1.29, 1.82) is 0 Å². The average molecular weight is 303 g/mol. The zero-order valence-electron chi connectivity index (χ0n) is 11.4. The van der Waals surface area contributed by atoms with Crippen LogP contribution in [-0.2, 0) is 4.79 Å². The van der Waals surface area contributed by atoms with E-state index in [1.807, 2.05) is 6.92 Å². The highest BCUT2D eigenvalue weighted by Gasteiger charge is 2.31. The standard InChI is InChI=1S/C12H21N3O2S2/c1-3-7-13-12(2,10(16)17)6-4-5-8-18-11-15-14-9-19-11/h9,13H,3-8H2,1-2H3,(H,16,17). The van der Waals surface area contributed by atoms with E-state index in [2.05, 4.69) is 15.5 Å². The molecule has 0 saturated heterocycles. The Labute approximate surface area is 122 Å². The third-order valence-corrected chi connectivity index (χ3v) is 4.82. The molecule has 1 heterocycles. The first kappa shape index (κ1) is 16.4. The number of carbonyl (C=O) groups is 1. The molecule has 0 aliphatic heterocycles. The molecule has 0 radical (unpaired) electrons. The van der Waals surface area contributed by atoms with Gasteiger partial charge in [0.2, 0.25) is 0 Å². The summed E-state index contributed by atoms with van der Waals surface area (Å²) in [6.07, 6.45) is 3.47. The fourth-order valence-corrected chi connectivity index (χ4v) is 3.20. The lowest BCUT2D eigenvalue weighted by Crippen LogP contribution is -2.49. The highest BCUT2D eigenvalue weighted by molar-refractivity contribution is 8.00. The lowest BCUT2D eigenvalue weighted by Gasteiger charge is -2.26. The SMILES string of the molecule is CCCNC(C)(CCCCSc1nncs1)C(=O)O. The summed E-state index contributed by atoms with van der Waals surface area (Å²) in [6, 6.07) is 0. The van der Waals surface area contributed by atoms with Crippen molar-refractivity contribution >= 4 is 29.1 Å². The van der Waals surface area contributed by atoms with Crippen LogP contribution in [0.1, 0.15) is 39.5 Å². The van der Waals surface area contributed by atoms with E-state index in [0.29, 0.717) is 6.42 Å². The van der Waals surface area contributed by atoms with Crippen LogP contribution in [0.15, 0.2) is 9.85 Å². The number of hydrogen-bond donors (Lipinski definition) is 2. The molecule has 0 spiro atoms. The van der Waals surface area contributed by atoms with E-state index in [9.17, 15) is 9.90 Å². The monoisotopic (exact) mass is 303 g/mol. The summed E-state index contributed by atoms with van der Waals surface area (Å²) in [6.45, 7) is 4.54. The van der Waals surface area contributed by atoms with Crippen molar-refractivity contribution in [1.82, 2.24) is 15.5 Å². The molecule has 1 aromatic rings. The molecule has 1 unspecified atom stereocenters. The molecule has 0 aliphatic carbocycles. The lowest BCUT2D eigenvalue weighted by molar-refractivity contribution is -0.144. The van der Waals surface area contributed by atoms with E-state index >= 15 is 0 Å². The van der Waals surface area contributed by atoms with Crippen LogP contribution < -0.4 is 5.32 Å². The molecule has 0 aromatic carbocycles. The number of aliphatic carboxylic acids is 1. The number of unbranched alkanes of at least 4 members (excludes halogenated alkanes) is 1. The van der Waals surface area contributed by atoms with Gasteiger partial charge in [-0.25, -0.2) is 0 Å². The number of aromatic nitrogens is 2. The van der Waals surface area contributed by atoms with Gasteiger partial charge in [0.25, 0.3) is 0 Å². The van der Waals surface area contributed by atoms with Gasteiger partial charge < -0.3 is 10.4 Å². The fourth-order valence-electron chi connectivity index (χ4n) is 1.64. The second-order valence-electron chi connectivity index (χ2n) is 4.57. The van der Waals surface area contributed by atoms with Crippen molar-refractivity contribution in [3.63, 3.8) is 0 Å². The summed E-state index contributed by atoms with van der Waals surface area (Å²) in [5.41, 5.74) is 0.919. The van der Waals surface area contributed by atoms with Crippen molar-refractivity contribution in [2.45, 2.75) is 49.4 Å². The molecule has 1 atom stereocenters. The largest absolute Gasteiger partial charge is 0.480 e. The number of thioether (sulfide) groups is 1. The molecule has 108 valence electrons. The summed E-state index contributed by atoms with van der Waals surface area (Å²) in [5.74, 6) is 0.191. The van der Waals surface area contributed by atoms with Crippen LogP contribution in [0.25, 0.3) is 0 Å². The zero-order chi connectivity index (χ0) is 14.1. The summed E-state index contributed by atoms with van der Waals surface area (Å²) >= 11 is 3.22. The maximum Gasteiger partial charge on any atom is 0.323 e. The average Bonchev–Trinajstić information content (AvgIpc) is 2.89. The molecule has 0 amide bonds. The normalized spacial score (nSPS) is 14.2. The van der Waals surface area contributed by atoms with E-state index in [0.717, 1.165) is 35.9 Å². The molecule has 0 aliphatic rings. The topological polar surface area (TPSA) is 75.1 Å². The van der Waals surface area contributed by atoms with Crippen LogP contribution in [0, 0.1) is 0 Å². The van der Waals surface area contributed by atoms with Gasteiger partial charge >= 0.3 is 5.97 Å². The van der Waals surface area contributed by atoms with Gasteiger partial charge in [0, 0.05) is 5.75 Å². The molecule has 1 rings (SSSR count).